The molecule has 0 aromatic carbocycles. The number of hydrogen-bond acceptors (Lipinski definition) is 6. The van der Waals surface area contributed by atoms with Gasteiger partial charge in [-0.3, -0.25) is 0 Å². The van der Waals surface area contributed by atoms with Gasteiger partial charge in [-0.05, 0) is 34.0 Å². The van der Waals surface area contributed by atoms with E-state index in [1.807, 2.05) is 25.1 Å². The van der Waals surface area contributed by atoms with Crippen LogP contribution in [0, 0.1) is 11.3 Å². The van der Waals surface area contributed by atoms with E-state index in [-0.39, 0.29) is 23.7 Å². The molecule has 7 nitrogen and oxygen atoms in total. The van der Waals surface area contributed by atoms with Gasteiger partial charge in [0.05, 0.1) is 6.61 Å². The minimum Gasteiger partial charge on any atom is -0.461 e. The summed E-state index contributed by atoms with van der Waals surface area (Å²) in [4.78, 5) is 13.7. The molecule has 0 amide bonds. The highest BCUT2D eigenvalue weighted by Gasteiger charge is 2.22. The predicted molar refractivity (Wildman–Crippen MR) is 70.5 cm³/mol. The number of hydrogen-bond donors (Lipinski definition) is 1. The van der Waals surface area contributed by atoms with Gasteiger partial charge in [0.1, 0.15) is 17.5 Å². The fourth-order valence-corrected chi connectivity index (χ4v) is 1.63. The molecule has 1 aromatic rings. The Hall–Kier alpha value is -2.07. The second-order valence-corrected chi connectivity index (χ2v) is 4.32. The summed E-state index contributed by atoms with van der Waals surface area (Å²) < 4.78 is 6.33. The minimum atomic E-state index is -0.614. The molecule has 7 heteroatoms. The number of nitrogens with two attached hydrogens (primary N) is 1. The molecule has 0 aliphatic carbocycles. The molecule has 104 valence electrons. The lowest BCUT2D eigenvalue weighted by molar-refractivity contribution is 0.0518. The van der Waals surface area contributed by atoms with Crippen LogP contribution in [0.25, 0.3) is 0 Å². The summed E-state index contributed by atoms with van der Waals surface area (Å²) in [7, 11) is 3.94. The first-order valence-corrected chi connectivity index (χ1v) is 6.09. The normalized spacial score (nSPS) is 10.5. The number of carbonyl (C=O) groups excluding carboxylic acids is 1. The van der Waals surface area contributed by atoms with E-state index < -0.39 is 5.97 Å². The van der Waals surface area contributed by atoms with Crippen LogP contribution in [0.5, 0.6) is 0 Å². The van der Waals surface area contributed by atoms with Gasteiger partial charge in [0.2, 0.25) is 0 Å². The van der Waals surface area contributed by atoms with E-state index in [9.17, 15) is 4.79 Å². The molecule has 19 heavy (non-hydrogen) atoms. The second kappa shape index (κ2) is 6.75. The molecule has 1 rings (SSSR count). The van der Waals surface area contributed by atoms with Crippen LogP contribution in [-0.2, 0) is 11.3 Å². The standard InChI is InChI=1S/C12H19N5O2/c1-4-19-12(18)10-9(8-13)11(14)17(15-10)7-5-6-16(2)3/h4-7,14H2,1-3H3. The molecule has 2 N–H and O–H groups in total. The molecule has 1 aromatic heterocycles. The Morgan fingerprint density at radius 2 is 2.26 bits per heavy atom. The Morgan fingerprint density at radius 1 is 1.58 bits per heavy atom. The van der Waals surface area contributed by atoms with Gasteiger partial charge in [-0.25, -0.2) is 9.48 Å². The first-order valence-electron chi connectivity index (χ1n) is 6.09. The Labute approximate surface area is 112 Å². The number of nitriles is 1. The Kier molecular flexibility index (Phi) is 5.33. The summed E-state index contributed by atoms with van der Waals surface area (Å²) >= 11 is 0. The van der Waals surface area contributed by atoms with Crippen molar-refractivity contribution in [2.75, 3.05) is 33.0 Å². The maximum absolute atomic E-state index is 11.7. The van der Waals surface area contributed by atoms with Crippen molar-refractivity contribution in [1.29, 1.82) is 5.26 Å². The molecular weight excluding hydrogens is 246 g/mol. The number of ether oxygens (including phenoxy) is 1. The van der Waals surface area contributed by atoms with Crippen LogP contribution in [-0.4, -0.2) is 47.9 Å². The van der Waals surface area contributed by atoms with Crippen LogP contribution in [0.3, 0.4) is 0 Å². The van der Waals surface area contributed by atoms with E-state index in [1.54, 1.807) is 6.92 Å². The highest BCUT2D eigenvalue weighted by atomic mass is 16.5. The van der Waals surface area contributed by atoms with Gasteiger partial charge in [-0.1, -0.05) is 0 Å². The van der Waals surface area contributed by atoms with Gasteiger partial charge < -0.3 is 15.4 Å². The summed E-state index contributed by atoms with van der Waals surface area (Å²) in [6.45, 7) is 3.35. The zero-order chi connectivity index (χ0) is 14.4. The zero-order valence-electron chi connectivity index (χ0n) is 11.5. The van der Waals surface area contributed by atoms with Crippen LogP contribution in [0.4, 0.5) is 5.82 Å². The highest BCUT2D eigenvalue weighted by Crippen LogP contribution is 2.17. The van der Waals surface area contributed by atoms with Gasteiger partial charge in [0, 0.05) is 6.54 Å². The Balaban J connectivity index is 2.90. The Bertz CT molecular complexity index is 487. The second-order valence-electron chi connectivity index (χ2n) is 4.32. The van der Waals surface area contributed by atoms with E-state index in [0.29, 0.717) is 6.54 Å². The van der Waals surface area contributed by atoms with Crippen molar-refractivity contribution in [3.8, 4) is 6.07 Å². The highest BCUT2D eigenvalue weighted by molar-refractivity contribution is 5.91. The number of rotatable bonds is 6. The molecule has 0 spiro atoms. The van der Waals surface area contributed by atoms with E-state index in [2.05, 4.69) is 5.10 Å². The largest absolute Gasteiger partial charge is 0.461 e. The van der Waals surface area contributed by atoms with E-state index in [4.69, 9.17) is 15.7 Å². The third-order valence-electron chi connectivity index (χ3n) is 2.55. The Morgan fingerprint density at radius 3 is 2.79 bits per heavy atom. The average molecular weight is 265 g/mol. The topological polar surface area (TPSA) is 97.2 Å². The summed E-state index contributed by atoms with van der Waals surface area (Å²) in [5.74, 6) is -0.401. The van der Waals surface area contributed by atoms with Crippen LogP contribution < -0.4 is 5.73 Å². The van der Waals surface area contributed by atoms with Crippen molar-refractivity contribution in [2.24, 2.45) is 0 Å². The van der Waals surface area contributed by atoms with Crippen LogP contribution in [0.1, 0.15) is 29.4 Å². The molecule has 0 saturated carbocycles. The monoisotopic (exact) mass is 265 g/mol. The molecule has 0 radical (unpaired) electrons. The predicted octanol–water partition coefficient (Wildman–Crippen LogP) is 0.465. The van der Waals surface area contributed by atoms with Crippen molar-refractivity contribution in [2.45, 2.75) is 19.9 Å². The zero-order valence-corrected chi connectivity index (χ0v) is 11.5. The van der Waals surface area contributed by atoms with E-state index >= 15 is 0 Å². The van der Waals surface area contributed by atoms with Crippen LogP contribution in [0.2, 0.25) is 0 Å². The fourth-order valence-electron chi connectivity index (χ4n) is 1.63. The summed E-state index contributed by atoms with van der Waals surface area (Å²) in [6, 6.07) is 1.90. The molecule has 0 saturated heterocycles. The molecule has 0 aliphatic rings. The van der Waals surface area contributed by atoms with Gasteiger partial charge >= 0.3 is 5.97 Å². The van der Waals surface area contributed by atoms with Crippen LogP contribution in [0.15, 0.2) is 0 Å². The SMILES string of the molecule is CCOC(=O)c1nn(CCCN(C)C)c(N)c1C#N. The number of aromatic nitrogens is 2. The number of esters is 1. The molecular formula is C12H19N5O2. The molecule has 0 bridgehead atoms. The summed E-state index contributed by atoms with van der Waals surface area (Å²) in [5, 5.41) is 13.1. The van der Waals surface area contributed by atoms with Gasteiger partial charge in [-0.15, -0.1) is 0 Å². The van der Waals surface area contributed by atoms with E-state index in [1.165, 1.54) is 4.68 Å². The van der Waals surface area contributed by atoms with Crippen LogP contribution >= 0.6 is 0 Å². The average Bonchev–Trinajstić information content (AvgIpc) is 2.66. The molecule has 0 unspecified atom stereocenters. The first kappa shape index (κ1) is 15.0. The van der Waals surface area contributed by atoms with Crippen molar-refractivity contribution >= 4 is 11.8 Å². The lowest BCUT2D eigenvalue weighted by atomic mass is 10.2. The molecule has 0 aliphatic heterocycles. The van der Waals surface area contributed by atoms with Gasteiger partial charge in [0.15, 0.2) is 5.69 Å². The van der Waals surface area contributed by atoms with Crippen molar-refractivity contribution in [3.05, 3.63) is 11.3 Å². The maximum atomic E-state index is 11.7. The van der Waals surface area contributed by atoms with Crippen molar-refractivity contribution in [3.63, 3.8) is 0 Å². The van der Waals surface area contributed by atoms with E-state index in [0.717, 1.165) is 13.0 Å². The number of carbonyl (C=O) groups is 1. The number of nitrogens with zero attached hydrogens (tertiary/aromatic N) is 4. The molecule has 1 heterocycles. The first-order chi connectivity index (χ1) is 9.01. The molecule has 0 fully saturated rings. The minimum absolute atomic E-state index is 0.00768. The fraction of sp³-hybridized carbons (Fsp3) is 0.583. The lowest BCUT2D eigenvalue weighted by Gasteiger charge is -2.09. The lowest BCUT2D eigenvalue weighted by Crippen LogP contribution is -2.16. The third kappa shape index (κ3) is 3.69. The number of anilines is 1. The number of nitrogen functional groups attached to an aromatic ring is 1. The summed E-state index contributed by atoms with van der Waals surface area (Å²) in [5.41, 5.74) is 5.90. The summed E-state index contributed by atoms with van der Waals surface area (Å²) in [6.07, 6.45) is 0.825. The van der Waals surface area contributed by atoms with Crippen molar-refractivity contribution < 1.29 is 9.53 Å². The smallest absolute Gasteiger partial charge is 0.360 e. The third-order valence-corrected chi connectivity index (χ3v) is 2.55. The van der Waals surface area contributed by atoms with Gasteiger partial charge in [0.25, 0.3) is 0 Å². The molecule has 0 atom stereocenters. The maximum Gasteiger partial charge on any atom is 0.360 e. The quantitative estimate of drug-likeness (QED) is 0.751. The van der Waals surface area contributed by atoms with Crippen molar-refractivity contribution in [1.82, 2.24) is 14.7 Å². The van der Waals surface area contributed by atoms with Gasteiger partial charge in [-0.2, -0.15) is 10.4 Å². The number of aryl methyl sites for hydroxylation is 1.